The lowest BCUT2D eigenvalue weighted by Crippen LogP contribution is -2.42. The average Bonchev–Trinajstić information content (AvgIpc) is 2.83. The van der Waals surface area contributed by atoms with Gasteiger partial charge in [0.25, 0.3) is 5.91 Å². The topological polar surface area (TPSA) is 204 Å². The molecular weight excluding hydrogens is 462 g/mol. The number of phenolic OH excluding ortho intramolecular Hbond substituents is 1. The van der Waals surface area contributed by atoms with Crippen molar-refractivity contribution in [3.63, 3.8) is 0 Å². The van der Waals surface area contributed by atoms with Crippen molar-refractivity contribution in [1.29, 1.82) is 0 Å². The Morgan fingerprint density at radius 3 is 2.37 bits per heavy atom. The number of amides is 1. The van der Waals surface area contributed by atoms with E-state index in [1.165, 1.54) is 24.3 Å². The van der Waals surface area contributed by atoms with Gasteiger partial charge in [-0.05, 0) is 25.0 Å². The van der Waals surface area contributed by atoms with E-state index < -0.39 is 35.2 Å². The lowest BCUT2D eigenvalue weighted by Gasteiger charge is -2.21. The zero-order valence-electron chi connectivity index (χ0n) is 18.5. The van der Waals surface area contributed by atoms with Gasteiger partial charge in [0.05, 0.1) is 18.2 Å². The van der Waals surface area contributed by atoms with Crippen LogP contribution in [0.25, 0.3) is 0 Å². The third-order valence-corrected chi connectivity index (χ3v) is 5.25. The molecule has 0 bridgehead atoms. The number of ketones is 2. The van der Waals surface area contributed by atoms with Crippen molar-refractivity contribution >= 4 is 29.4 Å². The number of rotatable bonds is 8. The Bertz CT molecular complexity index is 1210. The predicted molar refractivity (Wildman–Crippen MR) is 119 cm³/mol. The Hall–Kier alpha value is -4.33. The number of hydrogen-bond acceptors (Lipinski definition) is 10. The highest BCUT2D eigenvalue weighted by Gasteiger charge is 2.34. The number of aliphatic imine (C=N–C) groups is 1. The van der Waals surface area contributed by atoms with Gasteiger partial charge in [0.1, 0.15) is 11.8 Å². The minimum Gasteiger partial charge on any atom is -0.506 e. The summed E-state index contributed by atoms with van der Waals surface area (Å²) in [5.41, 5.74) is 7.00. The highest BCUT2D eigenvalue weighted by atomic mass is 16.8. The monoisotopic (exact) mass is 485 g/mol. The smallest absolute Gasteiger partial charge is 0.328 e. The number of hydrogen-bond donors (Lipinski definition) is 6. The predicted octanol–water partition coefficient (Wildman–Crippen LogP) is 0.119. The van der Waals surface area contributed by atoms with Crippen LogP contribution in [0.1, 0.15) is 55.0 Å². The van der Waals surface area contributed by atoms with Gasteiger partial charge in [-0.15, -0.1) is 0 Å². The van der Waals surface area contributed by atoms with Gasteiger partial charge in [0.2, 0.25) is 5.96 Å². The third kappa shape index (κ3) is 5.43. The average molecular weight is 485 g/mol. The number of esters is 1. The molecule has 0 fully saturated rings. The molecule has 35 heavy (non-hydrogen) atoms. The highest BCUT2D eigenvalue weighted by molar-refractivity contribution is 6.30. The fourth-order valence-corrected chi connectivity index (χ4v) is 3.61. The number of phenols is 1. The van der Waals surface area contributed by atoms with Crippen LogP contribution in [0, 0.1) is 0 Å². The summed E-state index contributed by atoms with van der Waals surface area (Å²) in [5, 5.41) is 30.0. The van der Waals surface area contributed by atoms with Crippen molar-refractivity contribution in [1.82, 2.24) is 16.1 Å². The maximum Gasteiger partial charge on any atom is 0.328 e. The van der Waals surface area contributed by atoms with Crippen LogP contribution in [-0.2, 0) is 9.53 Å². The summed E-state index contributed by atoms with van der Waals surface area (Å²) < 4.78 is 4.71. The first-order valence-electron chi connectivity index (χ1n) is 10.3. The molecule has 0 saturated carbocycles. The van der Waals surface area contributed by atoms with Crippen molar-refractivity contribution in [2.24, 2.45) is 10.7 Å². The van der Waals surface area contributed by atoms with Crippen LogP contribution in [0.15, 0.2) is 41.4 Å². The number of ether oxygens (including phenoxy) is 1. The van der Waals surface area contributed by atoms with E-state index in [2.05, 4.69) is 10.3 Å². The van der Waals surface area contributed by atoms with Gasteiger partial charge in [-0.25, -0.2) is 10.2 Å². The van der Waals surface area contributed by atoms with E-state index in [-0.39, 0.29) is 58.5 Å². The molecule has 3 rings (SSSR count). The van der Waals surface area contributed by atoms with Crippen LogP contribution in [0.3, 0.4) is 0 Å². The molecule has 0 aliphatic heterocycles. The molecule has 1 aliphatic carbocycles. The molecule has 7 N–H and O–H groups in total. The van der Waals surface area contributed by atoms with Gasteiger partial charge < -0.3 is 20.9 Å². The van der Waals surface area contributed by atoms with Crippen LogP contribution >= 0.6 is 0 Å². The zero-order chi connectivity index (χ0) is 25.7. The SMILES string of the molecule is COC(=O)C(CCCN=C(N)NN(O)O)NC(=O)c1ccc2c(c1O)C(=O)c1ccccc1C2=O. The molecule has 1 aliphatic rings. The first-order chi connectivity index (χ1) is 16.6. The van der Waals surface area contributed by atoms with E-state index in [0.29, 0.717) is 0 Å². The maximum absolute atomic E-state index is 12.9. The number of methoxy groups -OCH3 is 1. The molecule has 0 heterocycles. The van der Waals surface area contributed by atoms with Crippen LogP contribution in [0.2, 0.25) is 0 Å². The number of carbonyl (C=O) groups excluding carboxylic acids is 4. The van der Waals surface area contributed by atoms with Crippen molar-refractivity contribution in [2.45, 2.75) is 18.9 Å². The summed E-state index contributed by atoms with van der Waals surface area (Å²) in [5.74, 6) is -3.64. The molecule has 0 saturated heterocycles. The summed E-state index contributed by atoms with van der Waals surface area (Å²) in [4.78, 5) is 54.6. The van der Waals surface area contributed by atoms with E-state index in [9.17, 15) is 24.3 Å². The Balaban J connectivity index is 1.78. The molecule has 0 aromatic heterocycles. The van der Waals surface area contributed by atoms with E-state index in [4.69, 9.17) is 20.9 Å². The molecule has 1 unspecified atom stereocenters. The molecule has 1 atom stereocenters. The standard InChI is InChI=1S/C22H23N5O8/c1-35-21(32)15(7-4-10-24-22(23)26-27(33)34)25-20(31)14-9-8-13-16(19(14)30)18(29)12-6-3-2-5-11(12)17(13)28/h2-3,5-6,8-9,15,30,33-34H,4,7,10H2,1H3,(H,25,31)(H3,23,24,26). The molecule has 2 aromatic carbocycles. The van der Waals surface area contributed by atoms with Gasteiger partial charge in [-0.2, -0.15) is 0 Å². The van der Waals surface area contributed by atoms with Crippen molar-refractivity contribution in [3.05, 3.63) is 64.2 Å². The van der Waals surface area contributed by atoms with Crippen LogP contribution in [0.4, 0.5) is 0 Å². The summed E-state index contributed by atoms with van der Waals surface area (Å²) in [6, 6.07) is 7.52. The molecule has 1 amide bonds. The number of aromatic hydroxyl groups is 1. The van der Waals surface area contributed by atoms with E-state index in [1.54, 1.807) is 12.1 Å². The summed E-state index contributed by atoms with van der Waals surface area (Å²) in [7, 11) is 1.14. The molecule has 13 heteroatoms. The summed E-state index contributed by atoms with van der Waals surface area (Å²) in [6.07, 6.45) is 0.298. The molecular formula is C22H23N5O8. The summed E-state index contributed by atoms with van der Waals surface area (Å²) >= 11 is 0. The number of nitrogens with two attached hydrogens (primary N) is 1. The Labute approximate surface area is 198 Å². The van der Waals surface area contributed by atoms with E-state index >= 15 is 0 Å². The molecule has 184 valence electrons. The number of guanidine groups is 1. The van der Waals surface area contributed by atoms with E-state index in [1.807, 2.05) is 5.43 Å². The third-order valence-electron chi connectivity index (χ3n) is 5.25. The summed E-state index contributed by atoms with van der Waals surface area (Å²) in [6.45, 7) is 0.0656. The minimum absolute atomic E-state index is 0.0272. The maximum atomic E-state index is 12.9. The van der Waals surface area contributed by atoms with Crippen molar-refractivity contribution in [3.8, 4) is 5.75 Å². The van der Waals surface area contributed by atoms with Crippen molar-refractivity contribution in [2.75, 3.05) is 13.7 Å². The van der Waals surface area contributed by atoms with Crippen molar-refractivity contribution < 1.29 is 39.4 Å². The Morgan fingerprint density at radius 1 is 1.09 bits per heavy atom. The first-order valence-corrected chi connectivity index (χ1v) is 10.3. The minimum atomic E-state index is -1.13. The fraction of sp³-hybridized carbons (Fsp3) is 0.227. The molecule has 13 nitrogen and oxygen atoms in total. The van der Waals surface area contributed by atoms with Gasteiger partial charge in [0, 0.05) is 28.6 Å². The number of fused-ring (bicyclic) bond motifs is 2. The highest BCUT2D eigenvalue weighted by Crippen LogP contribution is 2.35. The second-order valence-corrected chi connectivity index (χ2v) is 7.45. The second kappa shape index (κ2) is 10.7. The lowest BCUT2D eigenvalue weighted by molar-refractivity contribution is -0.329. The van der Waals surface area contributed by atoms with Gasteiger partial charge >= 0.3 is 5.97 Å². The van der Waals surface area contributed by atoms with Gasteiger partial charge in [0.15, 0.2) is 11.6 Å². The van der Waals surface area contributed by atoms with Crippen LogP contribution in [0.5, 0.6) is 5.75 Å². The molecule has 0 radical (unpaired) electrons. The lowest BCUT2D eigenvalue weighted by atomic mass is 9.82. The Kier molecular flexibility index (Phi) is 7.76. The number of benzene rings is 2. The van der Waals surface area contributed by atoms with Gasteiger partial charge in [-0.1, -0.05) is 24.3 Å². The molecule has 0 spiro atoms. The number of carbonyl (C=O) groups is 4. The largest absolute Gasteiger partial charge is 0.506 e. The quantitative estimate of drug-likeness (QED) is 0.0831. The molecule has 2 aromatic rings. The number of nitrogens with one attached hydrogen (secondary N) is 2. The van der Waals surface area contributed by atoms with Crippen LogP contribution < -0.4 is 16.5 Å². The Morgan fingerprint density at radius 2 is 1.74 bits per heavy atom. The second-order valence-electron chi connectivity index (χ2n) is 7.45. The number of hydrazine groups is 1. The normalized spacial score (nSPS) is 13.7. The first kappa shape index (κ1) is 25.3. The zero-order valence-corrected chi connectivity index (χ0v) is 18.5. The fourth-order valence-electron chi connectivity index (χ4n) is 3.61. The van der Waals surface area contributed by atoms with E-state index in [0.717, 1.165) is 7.11 Å². The van der Waals surface area contributed by atoms with Gasteiger partial charge in [-0.3, -0.25) is 29.8 Å². The number of nitrogens with zero attached hydrogens (tertiary/aromatic N) is 2. The van der Waals surface area contributed by atoms with Crippen LogP contribution in [-0.4, -0.2) is 70.0 Å².